The van der Waals surface area contributed by atoms with Crippen LogP contribution in [0.5, 0.6) is 0 Å². The molecule has 0 amide bonds. The average Bonchev–Trinajstić information content (AvgIpc) is 2.58. The minimum Gasteiger partial charge on any atom is -0.348 e. The largest absolute Gasteiger partial charge is 0.348 e. The van der Waals surface area contributed by atoms with Crippen LogP contribution < -0.4 is 4.90 Å². The van der Waals surface area contributed by atoms with E-state index < -0.39 is 0 Å². The van der Waals surface area contributed by atoms with Gasteiger partial charge in [0.15, 0.2) is 5.13 Å². The van der Waals surface area contributed by atoms with Crippen molar-refractivity contribution >= 4 is 39.7 Å². The lowest BCUT2D eigenvalue weighted by molar-refractivity contribution is 0.351. The van der Waals surface area contributed by atoms with Gasteiger partial charge in [-0.2, -0.15) is 0 Å². The van der Waals surface area contributed by atoms with Crippen LogP contribution >= 0.6 is 34.5 Å². The van der Waals surface area contributed by atoms with Gasteiger partial charge in [-0.05, 0) is 31.1 Å². The number of alkyl halides is 1. The van der Waals surface area contributed by atoms with Crippen LogP contribution in [0.25, 0.3) is 0 Å². The van der Waals surface area contributed by atoms with Gasteiger partial charge in [0.05, 0.1) is 10.8 Å². The van der Waals surface area contributed by atoms with E-state index >= 15 is 0 Å². The molecule has 18 heavy (non-hydrogen) atoms. The fourth-order valence-electron chi connectivity index (χ4n) is 2.52. The SMILES string of the molecule is CC(C)C1CCCN(c2nc(Cl)c(CCl)s2)CC1. The van der Waals surface area contributed by atoms with Gasteiger partial charge in [-0.25, -0.2) is 4.98 Å². The molecule has 0 radical (unpaired) electrons. The number of rotatable bonds is 3. The molecular weight excluding hydrogens is 287 g/mol. The Labute approximate surface area is 123 Å². The molecule has 0 aliphatic carbocycles. The highest BCUT2D eigenvalue weighted by molar-refractivity contribution is 7.16. The first-order chi connectivity index (χ1) is 8.61. The lowest BCUT2D eigenvalue weighted by Crippen LogP contribution is -2.24. The number of aromatic nitrogens is 1. The molecule has 2 rings (SSSR count). The third-order valence-corrected chi connectivity index (χ3v) is 5.71. The highest BCUT2D eigenvalue weighted by atomic mass is 35.5. The van der Waals surface area contributed by atoms with Gasteiger partial charge in [0.25, 0.3) is 0 Å². The summed E-state index contributed by atoms with van der Waals surface area (Å²) in [5.41, 5.74) is 0. The molecule has 0 bridgehead atoms. The van der Waals surface area contributed by atoms with Crippen molar-refractivity contribution in [2.75, 3.05) is 18.0 Å². The number of hydrogen-bond donors (Lipinski definition) is 0. The monoisotopic (exact) mass is 306 g/mol. The van der Waals surface area contributed by atoms with Crippen molar-refractivity contribution in [3.63, 3.8) is 0 Å². The summed E-state index contributed by atoms with van der Waals surface area (Å²) in [7, 11) is 0. The van der Waals surface area contributed by atoms with Gasteiger partial charge in [0, 0.05) is 13.1 Å². The third kappa shape index (κ3) is 3.31. The van der Waals surface area contributed by atoms with E-state index in [9.17, 15) is 0 Å². The first kappa shape index (κ1) is 14.4. The zero-order chi connectivity index (χ0) is 13.1. The smallest absolute Gasteiger partial charge is 0.187 e. The first-order valence-corrected chi connectivity index (χ1v) is 8.30. The lowest BCUT2D eigenvalue weighted by atomic mass is 9.89. The maximum Gasteiger partial charge on any atom is 0.187 e. The Bertz CT molecular complexity index is 392. The fraction of sp³-hybridized carbons (Fsp3) is 0.769. The highest BCUT2D eigenvalue weighted by Crippen LogP contribution is 2.33. The molecule has 1 aromatic heterocycles. The van der Waals surface area contributed by atoms with Crippen LogP contribution in [-0.4, -0.2) is 18.1 Å². The molecule has 2 heterocycles. The summed E-state index contributed by atoms with van der Waals surface area (Å²) >= 11 is 13.6. The molecule has 102 valence electrons. The predicted octanol–water partition coefficient (Wildman–Crippen LogP) is 4.80. The minimum absolute atomic E-state index is 0.457. The van der Waals surface area contributed by atoms with E-state index in [0.29, 0.717) is 11.0 Å². The van der Waals surface area contributed by atoms with Crippen molar-refractivity contribution in [2.45, 2.75) is 39.0 Å². The van der Waals surface area contributed by atoms with Crippen LogP contribution in [0.3, 0.4) is 0 Å². The fourth-order valence-corrected chi connectivity index (χ4v) is 4.04. The molecule has 1 aliphatic rings. The molecule has 1 saturated heterocycles. The average molecular weight is 307 g/mol. The number of thiazole rings is 1. The lowest BCUT2D eigenvalue weighted by Gasteiger charge is -2.20. The number of anilines is 1. The van der Waals surface area contributed by atoms with E-state index in [-0.39, 0.29) is 0 Å². The molecule has 1 unspecified atom stereocenters. The number of halogens is 2. The van der Waals surface area contributed by atoms with Crippen LogP contribution in [0.2, 0.25) is 5.15 Å². The van der Waals surface area contributed by atoms with Gasteiger partial charge < -0.3 is 4.90 Å². The van der Waals surface area contributed by atoms with Crippen molar-refractivity contribution in [1.82, 2.24) is 4.98 Å². The highest BCUT2D eigenvalue weighted by Gasteiger charge is 2.22. The normalized spacial score (nSPS) is 21.4. The Morgan fingerprint density at radius 1 is 1.39 bits per heavy atom. The number of nitrogens with zero attached hydrogens (tertiary/aromatic N) is 2. The summed E-state index contributed by atoms with van der Waals surface area (Å²) in [5, 5.41) is 1.62. The van der Waals surface area contributed by atoms with Crippen molar-refractivity contribution in [2.24, 2.45) is 11.8 Å². The third-order valence-electron chi connectivity index (χ3n) is 3.75. The Hall–Kier alpha value is 0.01000. The molecule has 1 aromatic rings. The first-order valence-electron chi connectivity index (χ1n) is 6.58. The number of hydrogen-bond acceptors (Lipinski definition) is 3. The van der Waals surface area contributed by atoms with E-state index in [1.165, 1.54) is 19.3 Å². The Morgan fingerprint density at radius 3 is 2.78 bits per heavy atom. The molecule has 0 saturated carbocycles. The molecule has 1 fully saturated rings. The van der Waals surface area contributed by atoms with Gasteiger partial charge in [0.1, 0.15) is 5.15 Å². The van der Waals surface area contributed by atoms with Crippen LogP contribution in [0.1, 0.15) is 38.0 Å². The van der Waals surface area contributed by atoms with Crippen molar-refractivity contribution in [3.8, 4) is 0 Å². The Kier molecular flexibility index (Phi) is 5.16. The predicted molar refractivity (Wildman–Crippen MR) is 81.1 cm³/mol. The maximum absolute atomic E-state index is 6.07. The second-order valence-corrected chi connectivity index (χ2v) is 6.95. The quantitative estimate of drug-likeness (QED) is 0.746. The van der Waals surface area contributed by atoms with E-state index in [1.54, 1.807) is 11.3 Å². The molecule has 1 aliphatic heterocycles. The molecular formula is C13H20Cl2N2S. The topological polar surface area (TPSA) is 16.1 Å². The van der Waals surface area contributed by atoms with Gasteiger partial charge in [-0.15, -0.1) is 11.6 Å². The summed E-state index contributed by atoms with van der Waals surface area (Å²) in [6.45, 7) is 6.83. The molecule has 2 nitrogen and oxygen atoms in total. The van der Waals surface area contributed by atoms with E-state index in [4.69, 9.17) is 23.2 Å². The van der Waals surface area contributed by atoms with Gasteiger partial charge >= 0.3 is 0 Å². The van der Waals surface area contributed by atoms with Crippen molar-refractivity contribution in [3.05, 3.63) is 10.0 Å². The van der Waals surface area contributed by atoms with Crippen molar-refractivity contribution in [1.29, 1.82) is 0 Å². The van der Waals surface area contributed by atoms with Crippen LogP contribution in [-0.2, 0) is 5.88 Å². The van der Waals surface area contributed by atoms with Crippen LogP contribution in [0.15, 0.2) is 0 Å². The molecule has 0 N–H and O–H groups in total. The second-order valence-electron chi connectivity index (χ2n) is 5.27. The van der Waals surface area contributed by atoms with Crippen molar-refractivity contribution < 1.29 is 0 Å². The summed E-state index contributed by atoms with van der Waals surface area (Å²) in [4.78, 5) is 7.80. The van der Waals surface area contributed by atoms with E-state index in [1.807, 2.05) is 0 Å². The Morgan fingerprint density at radius 2 is 2.17 bits per heavy atom. The van der Waals surface area contributed by atoms with Crippen LogP contribution in [0.4, 0.5) is 5.13 Å². The molecule has 0 aromatic carbocycles. The van der Waals surface area contributed by atoms with E-state index in [0.717, 1.165) is 34.9 Å². The van der Waals surface area contributed by atoms with Gasteiger partial charge in [-0.1, -0.05) is 36.8 Å². The maximum atomic E-state index is 6.07. The van der Waals surface area contributed by atoms with Gasteiger partial charge in [-0.3, -0.25) is 0 Å². The zero-order valence-corrected chi connectivity index (χ0v) is 13.3. The van der Waals surface area contributed by atoms with Gasteiger partial charge in [0.2, 0.25) is 0 Å². The van der Waals surface area contributed by atoms with E-state index in [2.05, 4.69) is 23.7 Å². The van der Waals surface area contributed by atoms with Crippen LogP contribution in [0, 0.1) is 11.8 Å². The Balaban J connectivity index is 2.05. The summed E-state index contributed by atoms with van der Waals surface area (Å²) in [6, 6.07) is 0. The molecule has 5 heteroatoms. The summed E-state index contributed by atoms with van der Waals surface area (Å²) in [5.74, 6) is 2.08. The molecule has 0 spiro atoms. The standard InChI is InChI=1S/C13H20Cl2N2S/c1-9(2)10-4-3-6-17(7-5-10)13-16-12(15)11(8-14)18-13/h9-10H,3-8H2,1-2H3. The summed E-state index contributed by atoms with van der Waals surface area (Å²) < 4.78 is 0. The second kappa shape index (κ2) is 6.44. The molecule has 1 atom stereocenters. The zero-order valence-electron chi connectivity index (χ0n) is 11.0. The summed E-state index contributed by atoms with van der Waals surface area (Å²) in [6.07, 6.45) is 3.83. The minimum atomic E-state index is 0.457.